The Morgan fingerprint density at radius 1 is 0.261 bits per heavy atom. The molecule has 0 unspecified atom stereocenters. The van der Waals surface area contributed by atoms with Crippen molar-refractivity contribution in [2.45, 2.75) is 0 Å². The maximum absolute atomic E-state index is 2.39. The van der Waals surface area contributed by atoms with Crippen LogP contribution in [0.4, 0.5) is 34.1 Å². The zero-order valence-electron chi connectivity index (χ0n) is 25.4. The van der Waals surface area contributed by atoms with Crippen LogP contribution in [0.1, 0.15) is 0 Å². The third-order valence-corrected chi connectivity index (χ3v) is 8.63. The van der Waals surface area contributed by atoms with Gasteiger partial charge in [-0.1, -0.05) is 140 Å². The molecule has 2 heteroatoms. The molecule has 8 aromatic rings. The van der Waals surface area contributed by atoms with Crippen LogP contribution in [0.15, 0.2) is 194 Å². The Hall–Kier alpha value is -6.12. The molecule has 0 N–H and O–H groups in total. The predicted molar refractivity (Wildman–Crippen MR) is 196 cm³/mol. The van der Waals surface area contributed by atoms with E-state index in [9.17, 15) is 0 Å². The summed E-state index contributed by atoms with van der Waals surface area (Å²) in [6, 6.07) is 69.3. The first-order valence-electron chi connectivity index (χ1n) is 15.7. The van der Waals surface area contributed by atoms with Crippen LogP contribution in [0.2, 0.25) is 0 Å². The fourth-order valence-corrected chi connectivity index (χ4v) is 6.50. The summed E-state index contributed by atoms with van der Waals surface area (Å²) in [5, 5.41) is 4.88. The fraction of sp³-hybridized carbons (Fsp3) is 0. The third kappa shape index (κ3) is 5.06. The molecule has 0 saturated carbocycles. The van der Waals surface area contributed by atoms with Crippen molar-refractivity contribution < 1.29 is 0 Å². The average molecular weight is 589 g/mol. The maximum atomic E-state index is 2.39. The van der Waals surface area contributed by atoms with Gasteiger partial charge in [0, 0.05) is 33.4 Å². The monoisotopic (exact) mass is 588 g/mol. The van der Waals surface area contributed by atoms with Crippen LogP contribution < -0.4 is 9.80 Å². The van der Waals surface area contributed by atoms with Gasteiger partial charge in [-0.25, -0.2) is 0 Å². The summed E-state index contributed by atoms with van der Waals surface area (Å²) in [5.74, 6) is 0. The van der Waals surface area contributed by atoms with E-state index in [-0.39, 0.29) is 0 Å². The highest BCUT2D eigenvalue weighted by Gasteiger charge is 2.20. The van der Waals surface area contributed by atoms with Gasteiger partial charge in [0.05, 0.1) is 17.1 Å². The van der Waals surface area contributed by atoms with Crippen LogP contribution in [0.5, 0.6) is 0 Å². The summed E-state index contributed by atoms with van der Waals surface area (Å²) < 4.78 is 0. The van der Waals surface area contributed by atoms with E-state index in [1.807, 2.05) is 0 Å². The molecule has 0 aliphatic carbocycles. The molecule has 0 bridgehead atoms. The van der Waals surface area contributed by atoms with Crippen LogP contribution in [0.3, 0.4) is 0 Å². The van der Waals surface area contributed by atoms with Crippen LogP contribution in [0.25, 0.3) is 32.7 Å². The summed E-state index contributed by atoms with van der Waals surface area (Å²) in [7, 11) is 0. The minimum Gasteiger partial charge on any atom is -0.310 e. The second-order valence-electron chi connectivity index (χ2n) is 11.4. The molecule has 0 atom stereocenters. The molecule has 0 aliphatic heterocycles. The molecular formula is C44H32N2. The van der Waals surface area contributed by atoms with Crippen molar-refractivity contribution in [3.8, 4) is 11.1 Å². The van der Waals surface area contributed by atoms with Crippen molar-refractivity contribution in [2.75, 3.05) is 9.80 Å². The van der Waals surface area contributed by atoms with E-state index in [0.717, 1.165) is 39.7 Å². The van der Waals surface area contributed by atoms with Crippen molar-refractivity contribution in [3.63, 3.8) is 0 Å². The van der Waals surface area contributed by atoms with Gasteiger partial charge in [-0.3, -0.25) is 0 Å². The molecule has 0 aromatic heterocycles. The SMILES string of the molecule is c1ccc(N(c2ccc(-c3ccccc3N(c3ccccc3)c3cccc4ccccc34)cc2)c2cccc3ccccc23)cc1. The summed E-state index contributed by atoms with van der Waals surface area (Å²) in [5.41, 5.74) is 9.12. The van der Waals surface area contributed by atoms with Gasteiger partial charge in [-0.2, -0.15) is 0 Å². The molecule has 0 aliphatic rings. The Balaban J connectivity index is 1.26. The van der Waals surface area contributed by atoms with Gasteiger partial charge in [-0.15, -0.1) is 0 Å². The number of hydrogen-bond donors (Lipinski definition) is 0. The molecule has 0 heterocycles. The average Bonchev–Trinajstić information content (AvgIpc) is 3.14. The highest BCUT2D eigenvalue weighted by molar-refractivity contribution is 6.02. The summed E-state index contributed by atoms with van der Waals surface area (Å²) >= 11 is 0. The normalized spacial score (nSPS) is 11.0. The minimum absolute atomic E-state index is 1.11. The molecule has 0 spiro atoms. The van der Waals surface area contributed by atoms with Crippen molar-refractivity contribution >= 4 is 55.7 Å². The second-order valence-corrected chi connectivity index (χ2v) is 11.4. The van der Waals surface area contributed by atoms with Gasteiger partial charge in [0.2, 0.25) is 0 Å². The first kappa shape index (κ1) is 27.4. The summed E-state index contributed by atoms with van der Waals surface area (Å²) in [6.45, 7) is 0. The Morgan fingerprint density at radius 3 is 1.28 bits per heavy atom. The Morgan fingerprint density at radius 2 is 0.674 bits per heavy atom. The molecule has 0 fully saturated rings. The van der Waals surface area contributed by atoms with Crippen LogP contribution in [-0.4, -0.2) is 0 Å². The van der Waals surface area contributed by atoms with Gasteiger partial charge in [0.15, 0.2) is 0 Å². The van der Waals surface area contributed by atoms with Gasteiger partial charge in [0.25, 0.3) is 0 Å². The van der Waals surface area contributed by atoms with Gasteiger partial charge >= 0.3 is 0 Å². The molecule has 2 nitrogen and oxygen atoms in total. The van der Waals surface area contributed by atoms with E-state index in [4.69, 9.17) is 0 Å². The van der Waals surface area contributed by atoms with E-state index in [2.05, 4.69) is 204 Å². The van der Waals surface area contributed by atoms with E-state index in [1.165, 1.54) is 27.1 Å². The van der Waals surface area contributed by atoms with Crippen molar-refractivity contribution in [3.05, 3.63) is 194 Å². The third-order valence-electron chi connectivity index (χ3n) is 8.63. The lowest BCUT2D eigenvalue weighted by Gasteiger charge is -2.29. The topological polar surface area (TPSA) is 6.48 Å². The predicted octanol–water partition coefficient (Wildman–Crippen LogP) is 12.6. The fourth-order valence-electron chi connectivity index (χ4n) is 6.50. The quantitative estimate of drug-likeness (QED) is 0.183. The first-order valence-corrected chi connectivity index (χ1v) is 15.7. The summed E-state index contributed by atoms with van der Waals surface area (Å²) in [6.07, 6.45) is 0. The minimum atomic E-state index is 1.11. The molecule has 8 aromatic carbocycles. The van der Waals surface area contributed by atoms with Crippen molar-refractivity contribution in [1.82, 2.24) is 0 Å². The number of hydrogen-bond acceptors (Lipinski definition) is 2. The van der Waals surface area contributed by atoms with E-state index < -0.39 is 0 Å². The highest BCUT2D eigenvalue weighted by Crippen LogP contribution is 2.44. The zero-order valence-corrected chi connectivity index (χ0v) is 25.4. The van der Waals surface area contributed by atoms with Gasteiger partial charge < -0.3 is 9.80 Å². The van der Waals surface area contributed by atoms with Crippen LogP contribution in [-0.2, 0) is 0 Å². The van der Waals surface area contributed by atoms with Crippen molar-refractivity contribution in [1.29, 1.82) is 0 Å². The van der Waals surface area contributed by atoms with E-state index in [0.29, 0.717) is 0 Å². The standard InChI is InChI=1S/C44H32N2/c1-3-19-36(20-4-1)45(42-27-13-17-33-15-7-9-23-39(33)42)38-31-29-35(30-32-38)41-25-11-12-26-43(41)46(37-21-5-2-6-22-37)44-28-14-18-34-16-8-10-24-40(34)44/h1-32H. The largest absolute Gasteiger partial charge is 0.310 e. The lowest BCUT2D eigenvalue weighted by Crippen LogP contribution is -2.12. The summed E-state index contributed by atoms with van der Waals surface area (Å²) in [4.78, 5) is 4.74. The molecule has 218 valence electrons. The van der Waals surface area contributed by atoms with E-state index >= 15 is 0 Å². The smallest absolute Gasteiger partial charge is 0.0540 e. The van der Waals surface area contributed by atoms with Crippen LogP contribution >= 0.6 is 0 Å². The van der Waals surface area contributed by atoms with Gasteiger partial charge in [-0.05, 0) is 70.9 Å². The van der Waals surface area contributed by atoms with Crippen molar-refractivity contribution in [2.24, 2.45) is 0 Å². The number of fused-ring (bicyclic) bond motifs is 2. The maximum Gasteiger partial charge on any atom is 0.0540 e. The number of para-hydroxylation sites is 3. The molecule has 0 amide bonds. The molecular weight excluding hydrogens is 556 g/mol. The van der Waals surface area contributed by atoms with Gasteiger partial charge in [0.1, 0.15) is 0 Å². The number of benzene rings is 8. The lowest BCUT2D eigenvalue weighted by atomic mass is 10.00. The Labute approximate surface area is 270 Å². The first-order chi connectivity index (χ1) is 22.8. The lowest BCUT2D eigenvalue weighted by molar-refractivity contribution is 1.29. The van der Waals surface area contributed by atoms with E-state index in [1.54, 1.807) is 0 Å². The molecule has 8 rings (SSSR count). The second kappa shape index (κ2) is 12.1. The highest BCUT2D eigenvalue weighted by atomic mass is 15.2. The molecule has 0 saturated heterocycles. The zero-order chi connectivity index (χ0) is 30.7. The number of nitrogens with zero attached hydrogens (tertiary/aromatic N) is 2. The van der Waals surface area contributed by atoms with Crippen LogP contribution in [0, 0.1) is 0 Å². The number of anilines is 6. The Bertz CT molecular complexity index is 2250. The molecule has 46 heavy (non-hydrogen) atoms. The molecule has 0 radical (unpaired) electrons. The number of rotatable bonds is 7. The Kier molecular flexibility index (Phi) is 7.22.